The van der Waals surface area contributed by atoms with Crippen molar-refractivity contribution in [3.63, 3.8) is 0 Å². The first-order valence-electron chi connectivity index (χ1n) is 6.02. The second kappa shape index (κ2) is 5.48. The van der Waals surface area contributed by atoms with Crippen LogP contribution in [0.3, 0.4) is 0 Å². The van der Waals surface area contributed by atoms with Crippen molar-refractivity contribution < 1.29 is 0 Å². The van der Waals surface area contributed by atoms with E-state index in [1.165, 1.54) is 5.56 Å². The third kappa shape index (κ3) is 2.59. The van der Waals surface area contributed by atoms with Gasteiger partial charge in [0.1, 0.15) is 0 Å². The Labute approximate surface area is 107 Å². The first-order valence-corrected chi connectivity index (χ1v) is 6.40. The Morgan fingerprint density at radius 3 is 2.88 bits per heavy atom. The Bertz CT molecular complexity index is 523. The number of hydrogen-bond donors (Lipinski definition) is 1. The van der Waals surface area contributed by atoms with Gasteiger partial charge in [0, 0.05) is 11.6 Å². The summed E-state index contributed by atoms with van der Waals surface area (Å²) < 4.78 is 0. The van der Waals surface area contributed by atoms with E-state index in [1.807, 2.05) is 12.3 Å². The van der Waals surface area contributed by atoms with Crippen LogP contribution >= 0.6 is 11.6 Å². The molecule has 0 aliphatic carbocycles. The quantitative estimate of drug-likeness (QED) is 0.901. The van der Waals surface area contributed by atoms with Gasteiger partial charge in [0.25, 0.3) is 0 Å². The lowest BCUT2D eigenvalue weighted by Crippen LogP contribution is -2.01. The Morgan fingerprint density at radius 1 is 1.35 bits per heavy atom. The van der Waals surface area contributed by atoms with Gasteiger partial charge in [0.15, 0.2) is 0 Å². The van der Waals surface area contributed by atoms with Crippen molar-refractivity contribution in [3.05, 3.63) is 40.5 Å². The first-order chi connectivity index (χ1) is 8.26. The number of aromatic nitrogens is 1. The maximum atomic E-state index is 6.43. The summed E-state index contributed by atoms with van der Waals surface area (Å²) in [5, 5.41) is 1.89. The summed E-state index contributed by atoms with van der Waals surface area (Å²) in [6.45, 7) is 2.82. The van der Waals surface area contributed by atoms with E-state index in [-0.39, 0.29) is 0 Å². The zero-order valence-corrected chi connectivity index (χ0v) is 10.8. The fourth-order valence-corrected chi connectivity index (χ4v) is 2.23. The highest BCUT2D eigenvalue weighted by Crippen LogP contribution is 2.27. The number of nitrogens with zero attached hydrogens (tertiary/aromatic N) is 1. The van der Waals surface area contributed by atoms with Crippen LogP contribution in [0.2, 0.25) is 5.02 Å². The van der Waals surface area contributed by atoms with E-state index in [0.717, 1.165) is 40.8 Å². The number of pyridine rings is 1. The minimum absolute atomic E-state index is 0.684. The molecule has 1 heterocycles. The van der Waals surface area contributed by atoms with E-state index in [9.17, 15) is 0 Å². The molecule has 2 aromatic rings. The van der Waals surface area contributed by atoms with Crippen LogP contribution < -0.4 is 5.73 Å². The van der Waals surface area contributed by atoms with Gasteiger partial charge in [-0.05, 0) is 49.1 Å². The molecule has 0 saturated heterocycles. The molecule has 2 rings (SSSR count). The predicted octanol–water partition coefficient (Wildman–Crippen LogP) is 3.34. The van der Waals surface area contributed by atoms with E-state index < -0.39 is 0 Å². The molecule has 0 bridgehead atoms. The molecule has 0 fully saturated rings. The van der Waals surface area contributed by atoms with Gasteiger partial charge in [0.05, 0.1) is 10.5 Å². The second-order valence-corrected chi connectivity index (χ2v) is 4.57. The van der Waals surface area contributed by atoms with E-state index in [0.29, 0.717) is 6.54 Å². The molecule has 0 spiro atoms. The number of benzene rings is 1. The smallest absolute Gasteiger partial charge is 0.0717 e. The minimum atomic E-state index is 0.684. The first kappa shape index (κ1) is 12.3. The van der Waals surface area contributed by atoms with Crippen molar-refractivity contribution in [2.45, 2.75) is 26.2 Å². The van der Waals surface area contributed by atoms with Gasteiger partial charge in [-0.2, -0.15) is 0 Å². The summed E-state index contributed by atoms with van der Waals surface area (Å²) in [5.74, 6) is 0. The molecule has 0 unspecified atom stereocenters. The number of nitrogens with two attached hydrogens (primary N) is 1. The number of hydrogen-bond acceptors (Lipinski definition) is 2. The van der Waals surface area contributed by atoms with E-state index in [1.54, 1.807) is 0 Å². The summed E-state index contributed by atoms with van der Waals surface area (Å²) in [5.41, 5.74) is 8.87. The van der Waals surface area contributed by atoms with Crippen LogP contribution in [0.5, 0.6) is 0 Å². The van der Waals surface area contributed by atoms with E-state index >= 15 is 0 Å². The molecule has 1 aromatic carbocycles. The maximum absolute atomic E-state index is 6.43. The molecular weight excluding hydrogens is 232 g/mol. The lowest BCUT2D eigenvalue weighted by molar-refractivity contribution is 0.830. The number of aryl methyl sites for hydroxylation is 2. The molecule has 0 radical (unpaired) electrons. The SMILES string of the molecule is CCc1ccc2ncc(CCCN)c(Cl)c2c1. The van der Waals surface area contributed by atoms with Crippen molar-refractivity contribution >= 4 is 22.5 Å². The molecule has 0 amide bonds. The van der Waals surface area contributed by atoms with Gasteiger partial charge in [0.2, 0.25) is 0 Å². The molecule has 2 N–H and O–H groups in total. The summed E-state index contributed by atoms with van der Waals surface area (Å²) >= 11 is 6.43. The number of fused-ring (bicyclic) bond motifs is 1. The van der Waals surface area contributed by atoms with Gasteiger partial charge < -0.3 is 5.73 Å². The summed E-state index contributed by atoms with van der Waals surface area (Å²) in [4.78, 5) is 4.45. The lowest BCUT2D eigenvalue weighted by Gasteiger charge is -2.07. The molecule has 3 heteroatoms. The van der Waals surface area contributed by atoms with Crippen LogP contribution in [0, 0.1) is 0 Å². The summed E-state index contributed by atoms with van der Waals surface area (Å²) in [6.07, 6.45) is 4.72. The highest BCUT2D eigenvalue weighted by molar-refractivity contribution is 6.36. The van der Waals surface area contributed by atoms with Crippen LogP contribution in [-0.4, -0.2) is 11.5 Å². The fourth-order valence-electron chi connectivity index (χ4n) is 1.94. The molecule has 1 aromatic heterocycles. The molecule has 0 aliphatic rings. The Hall–Kier alpha value is -1.12. The van der Waals surface area contributed by atoms with Crippen LogP contribution in [0.4, 0.5) is 0 Å². The van der Waals surface area contributed by atoms with Gasteiger partial charge in [-0.25, -0.2) is 0 Å². The van der Waals surface area contributed by atoms with Crippen LogP contribution in [0.1, 0.15) is 24.5 Å². The lowest BCUT2D eigenvalue weighted by atomic mass is 10.1. The van der Waals surface area contributed by atoms with Crippen molar-refractivity contribution in [2.24, 2.45) is 5.73 Å². The van der Waals surface area contributed by atoms with E-state index in [2.05, 4.69) is 24.0 Å². The van der Waals surface area contributed by atoms with E-state index in [4.69, 9.17) is 17.3 Å². The van der Waals surface area contributed by atoms with Crippen molar-refractivity contribution in [1.29, 1.82) is 0 Å². The third-order valence-corrected chi connectivity index (χ3v) is 3.44. The predicted molar refractivity (Wildman–Crippen MR) is 73.5 cm³/mol. The van der Waals surface area contributed by atoms with Crippen LogP contribution in [0.15, 0.2) is 24.4 Å². The molecular formula is C14H17ClN2. The highest BCUT2D eigenvalue weighted by Gasteiger charge is 2.07. The summed E-state index contributed by atoms with van der Waals surface area (Å²) in [6, 6.07) is 6.27. The molecule has 0 atom stereocenters. The highest BCUT2D eigenvalue weighted by atomic mass is 35.5. The molecule has 90 valence electrons. The summed E-state index contributed by atoms with van der Waals surface area (Å²) in [7, 11) is 0. The van der Waals surface area contributed by atoms with Gasteiger partial charge >= 0.3 is 0 Å². The zero-order chi connectivity index (χ0) is 12.3. The third-order valence-electron chi connectivity index (χ3n) is 3.00. The normalized spacial score (nSPS) is 11.0. The molecule has 17 heavy (non-hydrogen) atoms. The van der Waals surface area contributed by atoms with Crippen LogP contribution in [-0.2, 0) is 12.8 Å². The Kier molecular flexibility index (Phi) is 3.97. The van der Waals surface area contributed by atoms with Crippen molar-refractivity contribution in [3.8, 4) is 0 Å². The van der Waals surface area contributed by atoms with Crippen molar-refractivity contribution in [1.82, 2.24) is 4.98 Å². The number of halogens is 1. The van der Waals surface area contributed by atoms with Gasteiger partial charge in [-0.15, -0.1) is 0 Å². The average molecular weight is 249 g/mol. The zero-order valence-electron chi connectivity index (χ0n) is 10.0. The molecule has 0 saturated carbocycles. The van der Waals surface area contributed by atoms with Crippen molar-refractivity contribution in [2.75, 3.05) is 6.54 Å². The van der Waals surface area contributed by atoms with Gasteiger partial charge in [-0.1, -0.05) is 24.6 Å². The molecule has 0 aliphatic heterocycles. The standard InChI is InChI=1S/C14H17ClN2/c1-2-10-5-6-13-12(8-10)14(15)11(9-17-13)4-3-7-16/h5-6,8-9H,2-4,7,16H2,1H3. The van der Waals surface area contributed by atoms with Crippen LogP contribution in [0.25, 0.3) is 10.9 Å². The Balaban J connectivity index is 2.48. The topological polar surface area (TPSA) is 38.9 Å². The van der Waals surface area contributed by atoms with Gasteiger partial charge in [-0.3, -0.25) is 4.98 Å². The number of rotatable bonds is 4. The monoisotopic (exact) mass is 248 g/mol. The second-order valence-electron chi connectivity index (χ2n) is 4.19. The maximum Gasteiger partial charge on any atom is 0.0717 e. The fraction of sp³-hybridized carbons (Fsp3) is 0.357. The molecule has 2 nitrogen and oxygen atoms in total. The average Bonchev–Trinajstić information content (AvgIpc) is 2.38. The largest absolute Gasteiger partial charge is 0.330 e. The Morgan fingerprint density at radius 2 is 2.18 bits per heavy atom. The minimum Gasteiger partial charge on any atom is -0.330 e.